The molecule has 1 heterocycles. The average molecular weight is 410 g/mol. The maximum absolute atomic E-state index is 12.3. The first-order valence-corrected chi connectivity index (χ1v) is 10.1. The van der Waals surface area contributed by atoms with E-state index in [-0.39, 0.29) is 24.3 Å². The molecule has 8 heteroatoms. The number of benzene rings is 1. The van der Waals surface area contributed by atoms with E-state index in [0.29, 0.717) is 32.7 Å². The van der Waals surface area contributed by atoms with Gasteiger partial charge in [-0.3, -0.25) is 14.6 Å². The molecule has 3 aliphatic rings. The Bertz CT molecular complexity index is 827. The highest BCUT2D eigenvalue weighted by Crippen LogP contribution is 2.41. The zero-order valence-electron chi connectivity index (χ0n) is 13.7. The molecule has 1 aromatic rings. The van der Waals surface area contributed by atoms with E-state index in [1.807, 2.05) is 0 Å². The van der Waals surface area contributed by atoms with Crippen LogP contribution in [0.4, 0.5) is 5.69 Å². The predicted octanol–water partition coefficient (Wildman–Crippen LogP) is 3.87. The van der Waals surface area contributed by atoms with Crippen LogP contribution in [0.1, 0.15) is 19.3 Å². The number of hydrogen-bond donors (Lipinski definition) is 2. The van der Waals surface area contributed by atoms with Crippen molar-refractivity contribution in [1.82, 2.24) is 5.32 Å². The molecule has 2 fully saturated rings. The van der Waals surface area contributed by atoms with Crippen molar-refractivity contribution in [2.45, 2.75) is 30.6 Å². The number of nitrogens with zero attached hydrogens (tertiary/aromatic N) is 1. The lowest BCUT2D eigenvalue weighted by Crippen LogP contribution is -2.28. The van der Waals surface area contributed by atoms with E-state index < -0.39 is 5.25 Å². The molecule has 5 nitrogen and oxygen atoms in total. The molecule has 1 aromatic carbocycles. The van der Waals surface area contributed by atoms with Gasteiger partial charge in [0.1, 0.15) is 5.25 Å². The lowest BCUT2D eigenvalue weighted by molar-refractivity contribution is -0.122. The van der Waals surface area contributed by atoms with Crippen LogP contribution in [0.5, 0.6) is 0 Å². The van der Waals surface area contributed by atoms with Crippen LogP contribution in [0, 0.1) is 11.8 Å². The average Bonchev–Trinajstić information content (AvgIpc) is 3.28. The quantitative estimate of drug-likeness (QED) is 0.741. The van der Waals surface area contributed by atoms with Gasteiger partial charge in [0.2, 0.25) is 11.8 Å². The van der Waals surface area contributed by atoms with E-state index in [9.17, 15) is 9.59 Å². The Morgan fingerprint density at radius 3 is 2.88 bits per heavy atom. The fourth-order valence-electron chi connectivity index (χ4n) is 3.61. The van der Waals surface area contributed by atoms with Crippen LogP contribution in [0.3, 0.4) is 0 Å². The van der Waals surface area contributed by atoms with E-state index in [2.05, 4.69) is 22.8 Å². The van der Waals surface area contributed by atoms with Gasteiger partial charge in [-0.05, 0) is 42.9 Å². The van der Waals surface area contributed by atoms with Gasteiger partial charge in [0.15, 0.2) is 5.17 Å². The van der Waals surface area contributed by atoms with Crippen molar-refractivity contribution in [3.63, 3.8) is 0 Å². The number of carbonyl (C=O) groups excluding carboxylic acids is 2. The Kier molecular flexibility index (Phi) is 4.99. The van der Waals surface area contributed by atoms with Crippen LogP contribution < -0.4 is 10.6 Å². The van der Waals surface area contributed by atoms with Crippen LogP contribution in [0.15, 0.2) is 35.3 Å². The molecule has 2 bridgehead atoms. The Morgan fingerprint density at radius 1 is 1.31 bits per heavy atom. The highest BCUT2D eigenvalue weighted by molar-refractivity contribution is 8.15. The molecule has 4 unspecified atom stereocenters. The number of thioether (sulfide) groups is 1. The molecule has 0 aromatic heterocycles. The Balaban J connectivity index is 1.36. The van der Waals surface area contributed by atoms with Crippen molar-refractivity contribution in [3.05, 3.63) is 40.4 Å². The Morgan fingerprint density at radius 2 is 2.15 bits per heavy atom. The van der Waals surface area contributed by atoms with Crippen LogP contribution in [0.2, 0.25) is 10.0 Å². The van der Waals surface area contributed by atoms with Gasteiger partial charge in [0, 0.05) is 11.4 Å². The molecule has 0 radical (unpaired) electrons. The Hall–Kier alpha value is -1.50. The van der Waals surface area contributed by atoms with E-state index in [4.69, 9.17) is 28.2 Å². The van der Waals surface area contributed by atoms with E-state index in [0.717, 1.165) is 12.8 Å². The molecule has 2 aliphatic carbocycles. The highest BCUT2D eigenvalue weighted by Gasteiger charge is 2.38. The SMILES string of the molecule is O=C(CC1SC(=NC2CC3C=CC2C3)NC1=O)Nc1cc(Cl)ccc1Cl. The summed E-state index contributed by atoms with van der Waals surface area (Å²) < 4.78 is 0. The summed E-state index contributed by atoms with van der Waals surface area (Å²) in [7, 11) is 0. The zero-order valence-corrected chi connectivity index (χ0v) is 16.1. The second-order valence-corrected chi connectivity index (χ2v) is 8.79. The van der Waals surface area contributed by atoms with E-state index in [1.165, 1.54) is 11.8 Å². The minimum absolute atomic E-state index is 0.0506. The molecule has 2 N–H and O–H groups in total. The first kappa shape index (κ1) is 17.9. The summed E-state index contributed by atoms with van der Waals surface area (Å²) in [5.74, 6) is 0.642. The molecule has 2 amide bonds. The minimum Gasteiger partial charge on any atom is -0.325 e. The molecule has 4 rings (SSSR count). The molecule has 1 saturated carbocycles. The first-order chi connectivity index (χ1) is 12.5. The first-order valence-electron chi connectivity index (χ1n) is 8.46. The molecule has 26 heavy (non-hydrogen) atoms. The molecule has 1 aliphatic heterocycles. The third kappa shape index (κ3) is 3.77. The topological polar surface area (TPSA) is 70.6 Å². The second-order valence-electron chi connectivity index (χ2n) is 6.75. The second kappa shape index (κ2) is 7.25. The standard InChI is InChI=1S/C18H17Cl2N3O2S/c19-11-3-4-12(20)14(7-11)21-16(24)8-15-17(25)23-18(26-15)22-13-6-9-1-2-10(13)5-9/h1-4,7,9-10,13,15H,5-6,8H2,(H,21,24)(H,22,23,25). The largest absolute Gasteiger partial charge is 0.325 e. The number of amidine groups is 1. The number of fused-ring (bicyclic) bond motifs is 2. The van der Waals surface area contributed by atoms with Gasteiger partial charge in [0.05, 0.1) is 16.8 Å². The highest BCUT2D eigenvalue weighted by atomic mass is 35.5. The van der Waals surface area contributed by atoms with Crippen molar-refractivity contribution < 1.29 is 9.59 Å². The van der Waals surface area contributed by atoms with Crippen molar-refractivity contribution in [1.29, 1.82) is 0 Å². The summed E-state index contributed by atoms with van der Waals surface area (Å²) in [6.45, 7) is 0. The normalized spacial score (nSPS) is 30.8. The molecule has 136 valence electrons. The third-order valence-electron chi connectivity index (χ3n) is 4.88. The number of halogens is 2. The summed E-state index contributed by atoms with van der Waals surface area (Å²) in [4.78, 5) is 29.2. The third-order valence-corrected chi connectivity index (χ3v) is 6.54. The number of amides is 2. The fraction of sp³-hybridized carbons (Fsp3) is 0.389. The smallest absolute Gasteiger partial charge is 0.240 e. The maximum atomic E-state index is 12.3. The summed E-state index contributed by atoms with van der Waals surface area (Å²) in [5, 5.41) is 6.53. The van der Waals surface area contributed by atoms with E-state index in [1.54, 1.807) is 18.2 Å². The monoisotopic (exact) mass is 409 g/mol. The van der Waals surface area contributed by atoms with Crippen LogP contribution in [-0.4, -0.2) is 28.3 Å². The lowest BCUT2D eigenvalue weighted by atomic mass is 10.0. The van der Waals surface area contributed by atoms with Crippen molar-refractivity contribution in [2.24, 2.45) is 16.8 Å². The maximum Gasteiger partial charge on any atom is 0.240 e. The van der Waals surface area contributed by atoms with Crippen LogP contribution in [-0.2, 0) is 9.59 Å². The summed E-state index contributed by atoms with van der Waals surface area (Å²) in [6.07, 6.45) is 6.74. The summed E-state index contributed by atoms with van der Waals surface area (Å²) >= 11 is 13.3. The van der Waals surface area contributed by atoms with Gasteiger partial charge in [-0.1, -0.05) is 47.1 Å². The number of nitrogens with one attached hydrogen (secondary N) is 2. The van der Waals surface area contributed by atoms with Gasteiger partial charge in [-0.15, -0.1) is 0 Å². The molecule has 1 saturated heterocycles. The molecular weight excluding hydrogens is 393 g/mol. The molecule has 0 spiro atoms. The minimum atomic E-state index is -0.485. The van der Waals surface area contributed by atoms with Gasteiger partial charge < -0.3 is 10.6 Å². The van der Waals surface area contributed by atoms with Gasteiger partial charge in [-0.25, -0.2) is 0 Å². The van der Waals surface area contributed by atoms with Gasteiger partial charge >= 0.3 is 0 Å². The number of carbonyl (C=O) groups is 2. The number of rotatable bonds is 4. The number of hydrogen-bond acceptors (Lipinski definition) is 4. The van der Waals surface area contributed by atoms with Crippen LogP contribution in [0.25, 0.3) is 0 Å². The van der Waals surface area contributed by atoms with Gasteiger partial charge in [0.25, 0.3) is 0 Å². The van der Waals surface area contributed by atoms with Gasteiger partial charge in [-0.2, -0.15) is 0 Å². The fourth-order valence-corrected chi connectivity index (χ4v) is 4.98. The van der Waals surface area contributed by atoms with Crippen LogP contribution >= 0.6 is 35.0 Å². The molecular formula is C18H17Cl2N3O2S. The predicted molar refractivity (Wildman–Crippen MR) is 106 cm³/mol. The molecule has 4 atom stereocenters. The summed E-state index contributed by atoms with van der Waals surface area (Å²) in [6, 6.07) is 5.09. The number of aliphatic imine (C=N–C) groups is 1. The lowest BCUT2D eigenvalue weighted by Gasteiger charge is -2.13. The Labute approximate surface area is 165 Å². The van der Waals surface area contributed by atoms with Crippen molar-refractivity contribution in [2.75, 3.05) is 5.32 Å². The number of allylic oxidation sites excluding steroid dienone is 1. The van der Waals surface area contributed by atoms with Crippen molar-refractivity contribution in [3.8, 4) is 0 Å². The zero-order chi connectivity index (χ0) is 18.3. The number of anilines is 1. The van der Waals surface area contributed by atoms with E-state index >= 15 is 0 Å². The summed E-state index contributed by atoms with van der Waals surface area (Å²) in [5.41, 5.74) is 0.440. The van der Waals surface area contributed by atoms with Crippen molar-refractivity contribution >= 4 is 57.6 Å².